The average molecular weight is 319 g/mol. The van der Waals surface area contributed by atoms with E-state index in [0.717, 1.165) is 0 Å². The first kappa shape index (κ1) is 17.2. The van der Waals surface area contributed by atoms with Gasteiger partial charge in [-0.25, -0.2) is 4.39 Å². The van der Waals surface area contributed by atoms with Gasteiger partial charge in [0.15, 0.2) is 0 Å². The number of hydrogen-bond acceptors (Lipinski definition) is 3. The monoisotopic (exact) mass is 319 g/mol. The molecule has 0 bridgehead atoms. The Morgan fingerprint density at radius 2 is 2.09 bits per heavy atom. The standard InChI is InChI=1S/C18H22FNO3/c1-13(10-11-21)12-20-18(22)9-7-14-6-8-17(23-14)15-4-2-3-5-16(15)19/h2-6,8,13,21H,7,9-12H2,1H3,(H,20,22). The number of aliphatic hydroxyl groups is 1. The maximum absolute atomic E-state index is 13.7. The lowest BCUT2D eigenvalue weighted by Gasteiger charge is -2.10. The molecule has 1 aromatic carbocycles. The molecule has 2 aromatic rings. The number of aryl methyl sites for hydroxylation is 1. The quantitative estimate of drug-likeness (QED) is 0.785. The van der Waals surface area contributed by atoms with Crippen LogP contribution in [-0.2, 0) is 11.2 Å². The largest absolute Gasteiger partial charge is 0.461 e. The van der Waals surface area contributed by atoms with E-state index in [2.05, 4.69) is 5.32 Å². The van der Waals surface area contributed by atoms with Gasteiger partial charge in [-0.1, -0.05) is 19.1 Å². The molecule has 0 fully saturated rings. The Morgan fingerprint density at radius 1 is 1.30 bits per heavy atom. The van der Waals surface area contributed by atoms with Gasteiger partial charge in [-0.05, 0) is 36.6 Å². The molecule has 1 aromatic heterocycles. The maximum Gasteiger partial charge on any atom is 0.220 e. The molecule has 1 unspecified atom stereocenters. The Kier molecular flexibility index (Phi) is 6.35. The first-order valence-electron chi connectivity index (χ1n) is 7.81. The molecule has 5 heteroatoms. The van der Waals surface area contributed by atoms with E-state index in [1.807, 2.05) is 6.92 Å². The molecule has 124 valence electrons. The van der Waals surface area contributed by atoms with E-state index in [0.29, 0.717) is 42.9 Å². The first-order chi connectivity index (χ1) is 11.1. The van der Waals surface area contributed by atoms with Gasteiger partial charge in [0, 0.05) is 26.0 Å². The summed E-state index contributed by atoms with van der Waals surface area (Å²) in [5, 5.41) is 11.7. The molecule has 1 heterocycles. The molecule has 1 atom stereocenters. The number of rotatable bonds is 8. The van der Waals surface area contributed by atoms with Crippen LogP contribution in [0.2, 0.25) is 0 Å². The topological polar surface area (TPSA) is 62.5 Å². The van der Waals surface area contributed by atoms with Crippen molar-refractivity contribution in [1.29, 1.82) is 0 Å². The van der Waals surface area contributed by atoms with Crippen LogP contribution in [0.15, 0.2) is 40.8 Å². The highest BCUT2D eigenvalue weighted by molar-refractivity contribution is 5.76. The Labute approximate surface area is 135 Å². The van der Waals surface area contributed by atoms with Crippen molar-refractivity contribution >= 4 is 5.91 Å². The van der Waals surface area contributed by atoms with Gasteiger partial charge >= 0.3 is 0 Å². The number of amides is 1. The summed E-state index contributed by atoms with van der Waals surface area (Å²) in [6.07, 6.45) is 1.45. The molecule has 0 saturated heterocycles. The Bertz CT molecular complexity index is 639. The van der Waals surface area contributed by atoms with Gasteiger partial charge < -0.3 is 14.8 Å². The van der Waals surface area contributed by atoms with Crippen LogP contribution in [-0.4, -0.2) is 24.2 Å². The van der Waals surface area contributed by atoms with Crippen molar-refractivity contribution in [2.24, 2.45) is 5.92 Å². The molecular weight excluding hydrogens is 297 g/mol. The maximum atomic E-state index is 13.7. The van der Waals surface area contributed by atoms with E-state index < -0.39 is 0 Å². The zero-order valence-corrected chi connectivity index (χ0v) is 13.2. The second kappa shape index (κ2) is 8.48. The van der Waals surface area contributed by atoms with E-state index in [9.17, 15) is 9.18 Å². The van der Waals surface area contributed by atoms with Gasteiger partial charge in [-0.2, -0.15) is 0 Å². The van der Waals surface area contributed by atoms with Crippen LogP contribution < -0.4 is 5.32 Å². The lowest BCUT2D eigenvalue weighted by atomic mass is 10.1. The van der Waals surface area contributed by atoms with Crippen molar-refractivity contribution in [3.8, 4) is 11.3 Å². The Morgan fingerprint density at radius 3 is 2.83 bits per heavy atom. The zero-order valence-electron chi connectivity index (χ0n) is 13.2. The molecule has 0 aliphatic heterocycles. The van der Waals surface area contributed by atoms with Crippen molar-refractivity contribution in [2.45, 2.75) is 26.2 Å². The smallest absolute Gasteiger partial charge is 0.220 e. The summed E-state index contributed by atoms with van der Waals surface area (Å²) in [5.74, 6) is 0.986. The third-order valence-electron chi connectivity index (χ3n) is 3.67. The fourth-order valence-corrected chi connectivity index (χ4v) is 2.25. The summed E-state index contributed by atoms with van der Waals surface area (Å²) >= 11 is 0. The van der Waals surface area contributed by atoms with E-state index in [4.69, 9.17) is 9.52 Å². The Balaban J connectivity index is 1.83. The number of aliphatic hydroxyl groups excluding tert-OH is 1. The summed E-state index contributed by atoms with van der Waals surface area (Å²) in [6.45, 7) is 2.66. The third kappa shape index (κ3) is 5.21. The molecule has 0 radical (unpaired) electrons. The van der Waals surface area contributed by atoms with Crippen molar-refractivity contribution in [1.82, 2.24) is 5.32 Å². The zero-order chi connectivity index (χ0) is 16.7. The SMILES string of the molecule is CC(CCO)CNC(=O)CCc1ccc(-c2ccccc2F)o1. The molecule has 0 saturated carbocycles. The highest BCUT2D eigenvalue weighted by Crippen LogP contribution is 2.25. The minimum atomic E-state index is -0.330. The minimum Gasteiger partial charge on any atom is -0.461 e. The summed E-state index contributed by atoms with van der Waals surface area (Å²) in [7, 11) is 0. The van der Waals surface area contributed by atoms with Crippen LogP contribution in [0.1, 0.15) is 25.5 Å². The van der Waals surface area contributed by atoms with Gasteiger partial charge in [0.05, 0.1) is 5.56 Å². The van der Waals surface area contributed by atoms with Crippen molar-refractivity contribution in [3.63, 3.8) is 0 Å². The van der Waals surface area contributed by atoms with E-state index in [1.54, 1.807) is 30.3 Å². The second-order valence-corrected chi connectivity index (χ2v) is 5.67. The molecule has 2 N–H and O–H groups in total. The summed E-state index contributed by atoms with van der Waals surface area (Å²) in [6, 6.07) is 9.91. The van der Waals surface area contributed by atoms with Gasteiger partial charge in [-0.15, -0.1) is 0 Å². The van der Waals surface area contributed by atoms with Crippen LogP contribution in [0.3, 0.4) is 0 Å². The molecule has 0 aliphatic carbocycles. The minimum absolute atomic E-state index is 0.0568. The number of halogens is 1. The number of carbonyl (C=O) groups is 1. The van der Waals surface area contributed by atoms with Gasteiger partial charge in [0.25, 0.3) is 0 Å². The van der Waals surface area contributed by atoms with Crippen molar-refractivity contribution in [2.75, 3.05) is 13.2 Å². The fourth-order valence-electron chi connectivity index (χ4n) is 2.25. The Hall–Kier alpha value is -2.14. The van der Waals surface area contributed by atoms with Crippen LogP contribution in [0.4, 0.5) is 4.39 Å². The molecule has 0 aliphatic rings. The van der Waals surface area contributed by atoms with E-state index in [1.165, 1.54) is 6.07 Å². The second-order valence-electron chi connectivity index (χ2n) is 5.67. The van der Waals surface area contributed by atoms with Crippen LogP contribution >= 0.6 is 0 Å². The predicted molar refractivity (Wildman–Crippen MR) is 86.3 cm³/mol. The van der Waals surface area contributed by atoms with Crippen LogP contribution in [0.5, 0.6) is 0 Å². The molecule has 2 rings (SSSR count). The normalized spacial score (nSPS) is 12.1. The fraction of sp³-hybridized carbons (Fsp3) is 0.389. The highest BCUT2D eigenvalue weighted by Gasteiger charge is 2.11. The van der Waals surface area contributed by atoms with Crippen LogP contribution in [0, 0.1) is 11.7 Å². The number of benzene rings is 1. The van der Waals surface area contributed by atoms with Crippen molar-refractivity contribution in [3.05, 3.63) is 48.0 Å². The number of hydrogen-bond donors (Lipinski definition) is 2. The highest BCUT2D eigenvalue weighted by atomic mass is 19.1. The summed E-state index contributed by atoms with van der Waals surface area (Å²) in [5.41, 5.74) is 0.418. The molecule has 1 amide bonds. The summed E-state index contributed by atoms with van der Waals surface area (Å²) in [4.78, 5) is 11.8. The van der Waals surface area contributed by atoms with Crippen molar-refractivity contribution < 1.29 is 18.7 Å². The summed E-state index contributed by atoms with van der Waals surface area (Å²) < 4.78 is 19.3. The number of carbonyl (C=O) groups excluding carboxylic acids is 1. The third-order valence-corrected chi connectivity index (χ3v) is 3.67. The molecule has 23 heavy (non-hydrogen) atoms. The van der Waals surface area contributed by atoms with E-state index >= 15 is 0 Å². The lowest BCUT2D eigenvalue weighted by Crippen LogP contribution is -2.28. The number of nitrogens with one attached hydrogen (secondary N) is 1. The predicted octanol–water partition coefficient (Wildman–Crippen LogP) is 3.15. The average Bonchev–Trinajstić information content (AvgIpc) is 3.00. The van der Waals surface area contributed by atoms with Crippen LogP contribution in [0.25, 0.3) is 11.3 Å². The first-order valence-corrected chi connectivity index (χ1v) is 7.81. The van der Waals surface area contributed by atoms with Gasteiger partial charge in [-0.3, -0.25) is 4.79 Å². The number of furan rings is 1. The molecule has 0 spiro atoms. The van der Waals surface area contributed by atoms with E-state index in [-0.39, 0.29) is 24.2 Å². The van der Waals surface area contributed by atoms with Gasteiger partial charge in [0.1, 0.15) is 17.3 Å². The van der Waals surface area contributed by atoms with Gasteiger partial charge in [0.2, 0.25) is 5.91 Å². The molecular formula is C18H22FNO3. The molecule has 4 nitrogen and oxygen atoms in total. The lowest BCUT2D eigenvalue weighted by molar-refractivity contribution is -0.121.